The van der Waals surface area contributed by atoms with Crippen LogP contribution in [0.15, 0.2) is 24.4 Å². The van der Waals surface area contributed by atoms with E-state index in [1.165, 1.54) is 0 Å². The van der Waals surface area contributed by atoms with Crippen molar-refractivity contribution < 1.29 is 36.2 Å². The molecule has 0 bridgehead atoms. The van der Waals surface area contributed by atoms with Crippen molar-refractivity contribution in [2.75, 3.05) is 18.8 Å². The number of benzene rings is 1. The summed E-state index contributed by atoms with van der Waals surface area (Å²) in [5.41, 5.74) is 0.588. The SMILES string of the molecule is CCCCCS(=O)(=O)n1ncc2c(OC3CCNC3)cccc21.O=C(O)C(F)(F)F. The molecule has 0 saturated carbocycles. The molecule has 2 aromatic rings. The quantitative estimate of drug-likeness (QED) is 0.623. The molecule has 2 N–H and O–H groups in total. The van der Waals surface area contributed by atoms with Gasteiger partial charge in [-0.3, -0.25) is 0 Å². The number of hydrogen-bond donors (Lipinski definition) is 2. The molecule has 1 aliphatic rings. The number of halogens is 3. The second-order valence-electron chi connectivity index (χ2n) is 6.74. The molecule has 8 nitrogen and oxygen atoms in total. The van der Waals surface area contributed by atoms with Gasteiger partial charge in [0.25, 0.3) is 10.0 Å². The van der Waals surface area contributed by atoms with Gasteiger partial charge in [0, 0.05) is 6.54 Å². The van der Waals surface area contributed by atoms with E-state index in [4.69, 9.17) is 14.6 Å². The van der Waals surface area contributed by atoms with Gasteiger partial charge in [0.15, 0.2) is 0 Å². The number of fused-ring (bicyclic) bond motifs is 1. The Hall–Kier alpha value is -2.34. The zero-order valence-electron chi connectivity index (χ0n) is 16.4. The minimum absolute atomic E-state index is 0.120. The lowest BCUT2D eigenvalue weighted by Crippen LogP contribution is -2.21. The molecule has 1 aromatic carbocycles. The number of carbonyl (C=O) groups is 1. The number of nitrogens with zero attached hydrogens (tertiary/aromatic N) is 2. The van der Waals surface area contributed by atoms with Crippen molar-refractivity contribution in [3.63, 3.8) is 0 Å². The van der Waals surface area contributed by atoms with Gasteiger partial charge < -0.3 is 15.2 Å². The first-order valence-electron chi connectivity index (χ1n) is 9.43. The predicted molar refractivity (Wildman–Crippen MR) is 104 cm³/mol. The van der Waals surface area contributed by atoms with Crippen molar-refractivity contribution in [3.8, 4) is 5.75 Å². The molecule has 2 heterocycles. The fourth-order valence-corrected chi connectivity index (χ4v) is 4.25. The number of alkyl halides is 3. The first kappa shape index (κ1) is 23.9. The summed E-state index contributed by atoms with van der Waals surface area (Å²) in [6.45, 7) is 3.82. The van der Waals surface area contributed by atoms with Gasteiger partial charge in [0.1, 0.15) is 11.9 Å². The highest BCUT2D eigenvalue weighted by molar-refractivity contribution is 7.89. The Balaban J connectivity index is 0.000000396. The maximum absolute atomic E-state index is 12.5. The molecule has 1 aromatic heterocycles. The average Bonchev–Trinajstić information content (AvgIpc) is 3.32. The van der Waals surface area contributed by atoms with Crippen LogP contribution in [-0.2, 0) is 14.8 Å². The zero-order valence-corrected chi connectivity index (χ0v) is 17.2. The molecule has 0 aliphatic carbocycles. The van der Waals surface area contributed by atoms with Gasteiger partial charge in [0.05, 0.1) is 22.9 Å². The molecule has 1 unspecified atom stereocenters. The molecule has 0 amide bonds. The van der Waals surface area contributed by atoms with Gasteiger partial charge in [-0.15, -0.1) is 0 Å². The lowest BCUT2D eigenvalue weighted by Gasteiger charge is -2.13. The Kier molecular flexibility index (Phi) is 8.07. The molecule has 12 heteroatoms. The zero-order chi connectivity index (χ0) is 22.4. The van der Waals surface area contributed by atoms with Crippen LogP contribution in [0.4, 0.5) is 13.2 Å². The predicted octanol–water partition coefficient (Wildman–Crippen LogP) is 2.78. The second-order valence-corrected chi connectivity index (χ2v) is 8.65. The molecular formula is C18H24F3N3O5S. The first-order chi connectivity index (χ1) is 14.1. The van der Waals surface area contributed by atoms with Crippen molar-refractivity contribution in [1.29, 1.82) is 0 Å². The molecule has 0 spiro atoms. The van der Waals surface area contributed by atoms with E-state index < -0.39 is 22.2 Å². The van der Waals surface area contributed by atoms with Crippen LogP contribution < -0.4 is 10.1 Å². The van der Waals surface area contributed by atoms with E-state index in [-0.39, 0.29) is 11.9 Å². The number of carboxylic acids is 1. The van der Waals surface area contributed by atoms with Crippen molar-refractivity contribution in [2.45, 2.75) is 44.9 Å². The Morgan fingerprint density at radius 3 is 2.63 bits per heavy atom. The Labute approximate surface area is 172 Å². The minimum atomic E-state index is -5.08. The molecular weight excluding hydrogens is 427 g/mol. The summed E-state index contributed by atoms with van der Waals surface area (Å²) in [6.07, 6.45) is 0.142. The number of rotatable bonds is 7. The number of unbranched alkanes of at least 4 members (excludes halogenated alkanes) is 2. The van der Waals surface area contributed by atoms with Crippen LogP contribution in [0.5, 0.6) is 5.75 Å². The van der Waals surface area contributed by atoms with Crippen molar-refractivity contribution in [3.05, 3.63) is 24.4 Å². The highest BCUT2D eigenvalue weighted by atomic mass is 32.2. The van der Waals surface area contributed by atoms with Crippen LogP contribution >= 0.6 is 0 Å². The molecule has 1 aliphatic heterocycles. The number of ether oxygens (including phenoxy) is 1. The molecule has 1 fully saturated rings. The van der Waals surface area contributed by atoms with Gasteiger partial charge >= 0.3 is 12.1 Å². The second kappa shape index (κ2) is 10.1. The maximum atomic E-state index is 12.5. The first-order valence-corrected chi connectivity index (χ1v) is 11.0. The third kappa shape index (κ3) is 6.33. The highest BCUT2D eigenvalue weighted by Gasteiger charge is 2.38. The van der Waals surface area contributed by atoms with E-state index in [0.717, 1.165) is 41.8 Å². The smallest absolute Gasteiger partial charge is 0.488 e. The Morgan fingerprint density at radius 2 is 2.07 bits per heavy atom. The standard InChI is InChI=1S/C16H23N3O3S.C2HF3O2/c1-2-3-4-10-23(20,21)19-15-6-5-7-16(14(15)12-18-19)22-13-8-9-17-11-13;3-2(4,5)1(6)7/h5-7,12-13,17H,2-4,8-11H2,1H3;(H,6,7). The van der Waals surface area contributed by atoms with Crippen LogP contribution in [0.3, 0.4) is 0 Å². The Morgan fingerprint density at radius 1 is 1.37 bits per heavy atom. The van der Waals surface area contributed by atoms with Crippen molar-refractivity contribution >= 4 is 26.9 Å². The highest BCUT2D eigenvalue weighted by Crippen LogP contribution is 2.28. The molecule has 168 valence electrons. The van der Waals surface area contributed by atoms with E-state index in [1.54, 1.807) is 12.3 Å². The van der Waals surface area contributed by atoms with Gasteiger partial charge in [0.2, 0.25) is 0 Å². The summed E-state index contributed by atoms with van der Waals surface area (Å²) in [5, 5.41) is 15.2. The van der Waals surface area contributed by atoms with Gasteiger partial charge in [-0.1, -0.05) is 25.8 Å². The summed E-state index contributed by atoms with van der Waals surface area (Å²) in [6, 6.07) is 5.47. The van der Waals surface area contributed by atoms with Crippen LogP contribution in [-0.4, -0.2) is 59.8 Å². The molecule has 0 radical (unpaired) electrons. The topological polar surface area (TPSA) is 111 Å². The lowest BCUT2D eigenvalue weighted by molar-refractivity contribution is -0.192. The van der Waals surface area contributed by atoms with E-state index in [9.17, 15) is 21.6 Å². The molecule has 30 heavy (non-hydrogen) atoms. The lowest BCUT2D eigenvalue weighted by atomic mass is 10.2. The third-order valence-electron chi connectivity index (χ3n) is 4.36. The summed E-state index contributed by atoms with van der Waals surface area (Å²) in [5.74, 6) is -1.94. The number of aromatic nitrogens is 2. The van der Waals surface area contributed by atoms with Gasteiger partial charge in [-0.25, -0.2) is 13.2 Å². The fourth-order valence-electron chi connectivity index (χ4n) is 2.86. The summed E-state index contributed by atoms with van der Waals surface area (Å²) in [7, 11) is -3.42. The molecule has 3 rings (SSSR count). The van der Waals surface area contributed by atoms with Crippen LogP contribution in [0, 0.1) is 0 Å². The summed E-state index contributed by atoms with van der Waals surface area (Å²) in [4.78, 5) is 8.90. The molecule has 1 saturated heterocycles. The third-order valence-corrected chi connectivity index (χ3v) is 5.98. The normalized spacial score (nSPS) is 16.9. The van der Waals surface area contributed by atoms with Crippen molar-refractivity contribution in [1.82, 2.24) is 14.5 Å². The fraction of sp³-hybridized carbons (Fsp3) is 0.556. The van der Waals surface area contributed by atoms with E-state index in [2.05, 4.69) is 17.3 Å². The van der Waals surface area contributed by atoms with Gasteiger partial charge in [-0.05, 0) is 31.5 Å². The monoisotopic (exact) mass is 451 g/mol. The number of hydrogen-bond acceptors (Lipinski definition) is 6. The number of aliphatic carboxylic acids is 1. The number of nitrogens with one attached hydrogen (secondary N) is 1. The largest absolute Gasteiger partial charge is 0.490 e. The Bertz CT molecular complexity index is 954. The van der Waals surface area contributed by atoms with E-state index in [0.29, 0.717) is 17.7 Å². The summed E-state index contributed by atoms with van der Waals surface area (Å²) >= 11 is 0. The average molecular weight is 451 g/mol. The van der Waals surface area contributed by atoms with Gasteiger partial charge in [-0.2, -0.15) is 22.4 Å². The van der Waals surface area contributed by atoms with Crippen LogP contribution in [0.1, 0.15) is 32.6 Å². The summed E-state index contributed by atoms with van der Waals surface area (Å²) < 4.78 is 63.9. The van der Waals surface area contributed by atoms with E-state index >= 15 is 0 Å². The molecule has 1 atom stereocenters. The van der Waals surface area contributed by atoms with Crippen LogP contribution in [0.2, 0.25) is 0 Å². The number of carboxylic acid groups (broad SMARTS) is 1. The minimum Gasteiger partial charge on any atom is -0.488 e. The maximum Gasteiger partial charge on any atom is 0.490 e. The van der Waals surface area contributed by atoms with Crippen LogP contribution in [0.25, 0.3) is 10.9 Å². The van der Waals surface area contributed by atoms with E-state index in [1.807, 2.05) is 12.1 Å². The van der Waals surface area contributed by atoms with Crippen molar-refractivity contribution in [2.24, 2.45) is 0 Å².